The van der Waals surface area contributed by atoms with Gasteiger partial charge in [0.2, 0.25) is 5.91 Å². The number of benzene rings is 2. The average Bonchev–Trinajstić information content (AvgIpc) is 3.15. The molecule has 9 nitrogen and oxygen atoms in total. The molecule has 0 radical (unpaired) electrons. The van der Waals surface area contributed by atoms with E-state index >= 15 is 0 Å². The molecule has 3 aromatic rings. The van der Waals surface area contributed by atoms with Gasteiger partial charge in [0, 0.05) is 12.5 Å². The molecule has 0 unspecified atom stereocenters. The lowest BCUT2D eigenvalue weighted by Crippen LogP contribution is -2.18. The summed E-state index contributed by atoms with van der Waals surface area (Å²) >= 11 is 6.07. The van der Waals surface area contributed by atoms with Crippen LogP contribution >= 0.6 is 11.6 Å². The molecular formula is C17H16ClN3O6S. The molecular weight excluding hydrogens is 410 g/mol. The maximum atomic E-state index is 12.6. The first-order chi connectivity index (χ1) is 13.4. The number of nitrogens with one attached hydrogen (secondary N) is 1. The Labute approximate surface area is 165 Å². The molecule has 1 aromatic heterocycles. The molecule has 0 fully saturated rings. The van der Waals surface area contributed by atoms with Gasteiger partial charge in [-0.1, -0.05) is 17.7 Å². The summed E-state index contributed by atoms with van der Waals surface area (Å²) in [5, 5.41) is 10.1. The van der Waals surface area contributed by atoms with Gasteiger partial charge in [0.25, 0.3) is 0 Å². The van der Waals surface area contributed by atoms with Gasteiger partial charge in [-0.15, -0.1) is 0 Å². The van der Waals surface area contributed by atoms with E-state index in [1.54, 1.807) is 6.07 Å². The van der Waals surface area contributed by atoms with Gasteiger partial charge in [-0.05, 0) is 28.5 Å². The fourth-order valence-corrected chi connectivity index (χ4v) is 4.18. The lowest BCUT2D eigenvalue weighted by Gasteiger charge is -2.13. The Kier molecular flexibility index (Phi) is 5.71. The predicted octanol–water partition coefficient (Wildman–Crippen LogP) is 2.70. The van der Waals surface area contributed by atoms with Crippen LogP contribution in [0.5, 0.6) is 11.5 Å². The molecule has 148 valence electrons. The van der Waals surface area contributed by atoms with Crippen molar-refractivity contribution in [3.05, 3.63) is 35.4 Å². The topological polar surface area (TPSA) is 121 Å². The van der Waals surface area contributed by atoms with Crippen molar-refractivity contribution in [2.75, 3.05) is 25.3 Å². The van der Waals surface area contributed by atoms with Crippen LogP contribution in [0.2, 0.25) is 5.02 Å². The van der Waals surface area contributed by atoms with Crippen LogP contribution in [-0.2, 0) is 14.6 Å². The third-order valence-electron chi connectivity index (χ3n) is 3.93. The lowest BCUT2D eigenvalue weighted by atomic mass is 10.2. The normalized spacial score (nSPS) is 11.4. The first kappa shape index (κ1) is 19.9. The highest BCUT2D eigenvalue weighted by molar-refractivity contribution is 7.91. The average molecular weight is 426 g/mol. The Morgan fingerprint density at radius 2 is 1.93 bits per heavy atom. The third-order valence-corrected chi connectivity index (χ3v) is 5.97. The van der Waals surface area contributed by atoms with Crippen LogP contribution in [0, 0.1) is 0 Å². The van der Waals surface area contributed by atoms with Crippen molar-refractivity contribution in [3.63, 3.8) is 0 Å². The molecule has 0 atom stereocenters. The van der Waals surface area contributed by atoms with E-state index in [0.717, 1.165) is 0 Å². The molecule has 0 saturated carbocycles. The number of anilines is 1. The van der Waals surface area contributed by atoms with E-state index < -0.39 is 21.5 Å². The van der Waals surface area contributed by atoms with Crippen LogP contribution in [0.4, 0.5) is 5.69 Å². The number of carbonyl (C=O) groups excluding carboxylic acids is 1. The third kappa shape index (κ3) is 4.02. The van der Waals surface area contributed by atoms with Gasteiger partial charge in [-0.25, -0.2) is 13.0 Å². The molecule has 0 aliphatic heterocycles. The second kappa shape index (κ2) is 8.03. The van der Waals surface area contributed by atoms with Crippen LogP contribution in [0.15, 0.2) is 39.9 Å². The van der Waals surface area contributed by atoms with Crippen LogP contribution in [0.3, 0.4) is 0 Å². The second-order valence-corrected chi connectivity index (χ2v) is 8.18. The fourth-order valence-electron chi connectivity index (χ4n) is 2.54. The fraction of sp³-hybridized carbons (Fsp3) is 0.235. The largest absolute Gasteiger partial charge is 0.495 e. The molecule has 28 heavy (non-hydrogen) atoms. The number of hydrogen-bond acceptors (Lipinski definition) is 8. The number of halogens is 1. The number of ether oxygens (including phenoxy) is 2. The zero-order valence-electron chi connectivity index (χ0n) is 14.9. The molecule has 1 heterocycles. The first-order valence-corrected chi connectivity index (χ1v) is 10.0. The first-order valence-electron chi connectivity index (χ1n) is 8.01. The quantitative estimate of drug-likeness (QED) is 0.613. The molecule has 0 spiro atoms. The van der Waals surface area contributed by atoms with Gasteiger partial charge in [0.05, 0.1) is 35.6 Å². The highest BCUT2D eigenvalue weighted by Gasteiger charge is 2.22. The van der Waals surface area contributed by atoms with E-state index in [4.69, 9.17) is 21.1 Å². The maximum absolute atomic E-state index is 12.6. The Morgan fingerprint density at radius 1 is 1.18 bits per heavy atom. The molecule has 2 aromatic carbocycles. The molecule has 0 saturated heterocycles. The van der Waals surface area contributed by atoms with E-state index in [2.05, 4.69) is 20.3 Å². The summed E-state index contributed by atoms with van der Waals surface area (Å²) in [7, 11) is -0.900. The smallest absolute Gasteiger partial charge is 0.225 e. The van der Waals surface area contributed by atoms with Gasteiger partial charge in [0.15, 0.2) is 15.4 Å². The summed E-state index contributed by atoms with van der Waals surface area (Å²) in [5.41, 5.74) is 0.758. The highest BCUT2D eigenvalue weighted by atomic mass is 35.5. The summed E-state index contributed by atoms with van der Waals surface area (Å²) in [6.45, 7) is 0. The van der Waals surface area contributed by atoms with Crippen molar-refractivity contribution < 1.29 is 27.3 Å². The SMILES string of the molecule is COc1cc(OC)c(NC(=O)CCS(=O)(=O)c2cccc3nonc23)cc1Cl. The molecule has 1 N–H and O–H groups in total. The molecule has 0 aliphatic rings. The Hall–Kier alpha value is -2.85. The number of hydrogen-bond donors (Lipinski definition) is 1. The number of aromatic nitrogens is 2. The summed E-state index contributed by atoms with van der Waals surface area (Å²) in [6.07, 6.45) is -0.281. The van der Waals surface area contributed by atoms with Crippen molar-refractivity contribution in [1.82, 2.24) is 10.3 Å². The summed E-state index contributed by atoms with van der Waals surface area (Å²) in [4.78, 5) is 12.2. The van der Waals surface area contributed by atoms with Crippen molar-refractivity contribution in [3.8, 4) is 11.5 Å². The second-order valence-electron chi connectivity index (χ2n) is 5.69. The zero-order valence-corrected chi connectivity index (χ0v) is 16.5. The number of fused-ring (bicyclic) bond motifs is 1. The van der Waals surface area contributed by atoms with Gasteiger partial charge in [-0.2, -0.15) is 0 Å². The summed E-state index contributed by atoms with van der Waals surface area (Å²) in [5.74, 6) is -0.227. The van der Waals surface area contributed by atoms with Crippen molar-refractivity contribution in [1.29, 1.82) is 0 Å². The van der Waals surface area contributed by atoms with Gasteiger partial charge < -0.3 is 14.8 Å². The number of nitrogens with zero attached hydrogens (tertiary/aromatic N) is 2. The maximum Gasteiger partial charge on any atom is 0.225 e. The Bertz CT molecular complexity index is 1130. The Balaban J connectivity index is 1.74. The number of amides is 1. The molecule has 11 heteroatoms. The Morgan fingerprint density at radius 3 is 2.64 bits per heavy atom. The van der Waals surface area contributed by atoms with Crippen LogP contribution < -0.4 is 14.8 Å². The van der Waals surface area contributed by atoms with Crippen LogP contribution in [0.1, 0.15) is 6.42 Å². The van der Waals surface area contributed by atoms with E-state index in [9.17, 15) is 13.2 Å². The number of sulfone groups is 1. The minimum atomic E-state index is -3.78. The molecule has 0 aliphatic carbocycles. The highest BCUT2D eigenvalue weighted by Crippen LogP contribution is 2.36. The van der Waals surface area contributed by atoms with Crippen molar-refractivity contribution >= 4 is 44.1 Å². The molecule has 0 bridgehead atoms. The standard InChI is InChI=1S/C17H16ClN3O6S/c1-25-13-9-14(26-2)12(8-10(13)18)19-16(22)6-7-28(23,24)15-5-3-4-11-17(15)21-27-20-11/h3-5,8-9H,6-7H2,1-2H3,(H,19,22). The van der Waals surface area contributed by atoms with E-state index in [1.807, 2.05) is 0 Å². The van der Waals surface area contributed by atoms with Crippen LogP contribution in [-0.4, -0.2) is 44.6 Å². The number of carbonyl (C=O) groups is 1. The van der Waals surface area contributed by atoms with Gasteiger partial charge in [0.1, 0.15) is 17.0 Å². The minimum Gasteiger partial charge on any atom is -0.495 e. The van der Waals surface area contributed by atoms with E-state index in [-0.39, 0.29) is 21.9 Å². The van der Waals surface area contributed by atoms with Crippen molar-refractivity contribution in [2.24, 2.45) is 0 Å². The minimum absolute atomic E-state index is 0.0378. The van der Waals surface area contributed by atoms with E-state index in [1.165, 1.54) is 38.5 Å². The predicted molar refractivity (Wildman–Crippen MR) is 102 cm³/mol. The lowest BCUT2D eigenvalue weighted by molar-refractivity contribution is -0.115. The summed E-state index contributed by atoms with van der Waals surface area (Å²) < 4.78 is 40.1. The van der Waals surface area contributed by atoms with Gasteiger partial charge >= 0.3 is 0 Å². The van der Waals surface area contributed by atoms with E-state index in [0.29, 0.717) is 22.7 Å². The molecule has 3 rings (SSSR count). The monoisotopic (exact) mass is 425 g/mol. The van der Waals surface area contributed by atoms with Crippen molar-refractivity contribution in [2.45, 2.75) is 11.3 Å². The summed E-state index contributed by atoms with van der Waals surface area (Å²) in [6, 6.07) is 7.49. The number of rotatable bonds is 7. The van der Waals surface area contributed by atoms with Gasteiger partial charge in [-0.3, -0.25) is 4.79 Å². The zero-order chi connectivity index (χ0) is 20.3. The number of methoxy groups -OCH3 is 2. The van der Waals surface area contributed by atoms with Crippen LogP contribution in [0.25, 0.3) is 11.0 Å². The molecule has 1 amide bonds.